The largest absolute Gasteiger partial charge is 0.395 e. The van der Waals surface area contributed by atoms with Crippen molar-refractivity contribution in [1.29, 1.82) is 0 Å². The van der Waals surface area contributed by atoms with Gasteiger partial charge in [-0.2, -0.15) is 0 Å². The lowest BCUT2D eigenvalue weighted by molar-refractivity contribution is 0.116. The van der Waals surface area contributed by atoms with E-state index in [1.807, 2.05) is 37.3 Å². The van der Waals surface area contributed by atoms with Crippen LogP contribution in [-0.2, 0) is 11.8 Å². The van der Waals surface area contributed by atoms with Crippen molar-refractivity contribution in [1.82, 2.24) is 0 Å². The molecule has 2 nitrogen and oxygen atoms in total. The first-order valence-electron chi connectivity index (χ1n) is 6.73. The molecule has 0 aliphatic carbocycles. The lowest BCUT2D eigenvalue weighted by Gasteiger charge is -2.31. The molecule has 0 saturated heterocycles. The SMILES string of the molecule is Cc1cccc(C(CO)(CO)Cc2ccc(Cl)cc2Cl)c1. The van der Waals surface area contributed by atoms with E-state index in [9.17, 15) is 10.2 Å². The molecular formula is C17H18Cl2O2. The van der Waals surface area contributed by atoms with Crippen molar-refractivity contribution in [2.24, 2.45) is 0 Å². The zero-order valence-corrected chi connectivity index (χ0v) is 13.3. The van der Waals surface area contributed by atoms with E-state index in [0.717, 1.165) is 16.7 Å². The van der Waals surface area contributed by atoms with Crippen molar-refractivity contribution in [3.05, 3.63) is 69.2 Å². The molecule has 0 amide bonds. The van der Waals surface area contributed by atoms with Crippen LogP contribution in [0.1, 0.15) is 16.7 Å². The Morgan fingerprint density at radius 1 is 1.00 bits per heavy atom. The number of aliphatic hydroxyl groups is 2. The molecule has 0 aromatic heterocycles. The Morgan fingerprint density at radius 3 is 2.29 bits per heavy atom. The quantitative estimate of drug-likeness (QED) is 0.879. The Labute approximate surface area is 135 Å². The maximum atomic E-state index is 9.90. The fourth-order valence-corrected chi connectivity index (χ4v) is 2.93. The molecule has 0 bridgehead atoms. The molecule has 4 heteroatoms. The van der Waals surface area contributed by atoms with Gasteiger partial charge in [0.1, 0.15) is 0 Å². The van der Waals surface area contributed by atoms with E-state index in [4.69, 9.17) is 23.2 Å². The van der Waals surface area contributed by atoms with Crippen LogP contribution in [0.2, 0.25) is 10.0 Å². The summed E-state index contributed by atoms with van der Waals surface area (Å²) in [7, 11) is 0. The molecule has 0 aliphatic rings. The summed E-state index contributed by atoms with van der Waals surface area (Å²) in [4.78, 5) is 0. The van der Waals surface area contributed by atoms with E-state index in [-0.39, 0.29) is 13.2 Å². The smallest absolute Gasteiger partial charge is 0.0553 e. The molecule has 0 radical (unpaired) electrons. The molecular weight excluding hydrogens is 307 g/mol. The zero-order valence-electron chi connectivity index (χ0n) is 11.8. The minimum atomic E-state index is -0.760. The Hall–Kier alpha value is -1.06. The van der Waals surface area contributed by atoms with Crippen LogP contribution in [0.3, 0.4) is 0 Å². The maximum absolute atomic E-state index is 9.90. The molecule has 0 spiro atoms. The fraction of sp³-hybridized carbons (Fsp3) is 0.294. The van der Waals surface area contributed by atoms with Gasteiger partial charge in [0.2, 0.25) is 0 Å². The average Bonchev–Trinajstić information content (AvgIpc) is 2.47. The van der Waals surface area contributed by atoms with Gasteiger partial charge in [-0.15, -0.1) is 0 Å². The minimum Gasteiger partial charge on any atom is -0.395 e. The number of halogens is 2. The van der Waals surface area contributed by atoms with Crippen LogP contribution in [-0.4, -0.2) is 23.4 Å². The molecule has 0 atom stereocenters. The first-order valence-corrected chi connectivity index (χ1v) is 7.49. The lowest BCUT2D eigenvalue weighted by atomic mass is 9.76. The highest BCUT2D eigenvalue weighted by Gasteiger charge is 2.32. The van der Waals surface area contributed by atoms with Crippen LogP contribution in [0.4, 0.5) is 0 Å². The van der Waals surface area contributed by atoms with Crippen molar-refractivity contribution in [2.75, 3.05) is 13.2 Å². The fourth-order valence-electron chi connectivity index (χ4n) is 2.45. The molecule has 0 heterocycles. The van der Waals surface area contributed by atoms with E-state index in [0.29, 0.717) is 16.5 Å². The molecule has 2 N–H and O–H groups in total. The second-order valence-electron chi connectivity index (χ2n) is 5.38. The van der Waals surface area contributed by atoms with Gasteiger partial charge in [0.25, 0.3) is 0 Å². The van der Waals surface area contributed by atoms with Crippen LogP contribution < -0.4 is 0 Å². The van der Waals surface area contributed by atoms with Gasteiger partial charge in [-0.05, 0) is 36.6 Å². The summed E-state index contributed by atoms with van der Waals surface area (Å²) in [6.07, 6.45) is 0.444. The second-order valence-corrected chi connectivity index (χ2v) is 6.22. The third-order valence-corrected chi connectivity index (χ3v) is 4.37. The average molecular weight is 325 g/mol. The van der Waals surface area contributed by atoms with E-state index >= 15 is 0 Å². The first-order chi connectivity index (χ1) is 10.0. The second kappa shape index (κ2) is 6.80. The van der Waals surface area contributed by atoms with E-state index in [1.165, 1.54) is 0 Å². The number of aryl methyl sites for hydroxylation is 1. The van der Waals surface area contributed by atoms with Crippen molar-refractivity contribution >= 4 is 23.2 Å². The minimum absolute atomic E-state index is 0.161. The van der Waals surface area contributed by atoms with Gasteiger partial charge in [0, 0.05) is 15.5 Å². The van der Waals surface area contributed by atoms with Crippen molar-refractivity contribution < 1.29 is 10.2 Å². The summed E-state index contributed by atoms with van der Waals surface area (Å²) in [5.41, 5.74) is 2.08. The predicted molar refractivity (Wildman–Crippen MR) is 87.2 cm³/mol. The van der Waals surface area contributed by atoms with E-state index < -0.39 is 5.41 Å². The molecule has 2 rings (SSSR count). The number of aliphatic hydroxyl groups excluding tert-OH is 2. The topological polar surface area (TPSA) is 40.5 Å². The molecule has 2 aromatic carbocycles. The van der Waals surface area contributed by atoms with Gasteiger partial charge in [-0.3, -0.25) is 0 Å². The van der Waals surface area contributed by atoms with Gasteiger partial charge in [-0.1, -0.05) is 59.1 Å². The van der Waals surface area contributed by atoms with Gasteiger partial charge < -0.3 is 10.2 Å². The molecule has 21 heavy (non-hydrogen) atoms. The highest BCUT2D eigenvalue weighted by atomic mass is 35.5. The van der Waals surface area contributed by atoms with Crippen LogP contribution in [0, 0.1) is 6.92 Å². The predicted octanol–water partition coefficient (Wildman–Crippen LogP) is 3.77. The number of benzene rings is 2. The summed E-state index contributed by atoms with van der Waals surface area (Å²) in [6, 6.07) is 13.1. The highest BCUT2D eigenvalue weighted by molar-refractivity contribution is 6.35. The standard InChI is InChI=1S/C17H18Cl2O2/c1-12-3-2-4-14(7-12)17(10-20,11-21)9-13-5-6-15(18)8-16(13)19/h2-8,20-21H,9-11H2,1H3. The van der Waals surface area contributed by atoms with Crippen LogP contribution in [0.5, 0.6) is 0 Å². The molecule has 0 aliphatic heterocycles. The molecule has 112 valence electrons. The monoisotopic (exact) mass is 324 g/mol. The summed E-state index contributed by atoms with van der Waals surface area (Å²) in [5.74, 6) is 0. The number of rotatable bonds is 5. The third-order valence-electron chi connectivity index (χ3n) is 3.78. The Balaban J connectivity index is 2.43. The maximum Gasteiger partial charge on any atom is 0.0553 e. The number of hydrogen-bond donors (Lipinski definition) is 2. The third kappa shape index (κ3) is 3.58. The van der Waals surface area contributed by atoms with Crippen LogP contribution in [0.15, 0.2) is 42.5 Å². The molecule has 0 fully saturated rings. The summed E-state index contributed by atoms with van der Waals surface area (Å²) >= 11 is 12.1. The van der Waals surface area contributed by atoms with Gasteiger partial charge in [0.15, 0.2) is 0 Å². The highest BCUT2D eigenvalue weighted by Crippen LogP contribution is 2.32. The molecule has 2 aromatic rings. The lowest BCUT2D eigenvalue weighted by Crippen LogP contribution is -2.37. The number of hydrogen-bond acceptors (Lipinski definition) is 2. The zero-order chi connectivity index (χ0) is 15.5. The van der Waals surface area contributed by atoms with Gasteiger partial charge >= 0.3 is 0 Å². The van der Waals surface area contributed by atoms with Crippen molar-refractivity contribution in [2.45, 2.75) is 18.8 Å². The Bertz CT molecular complexity index is 622. The first kappa shape index (κ1) is 16.3. The summed E-state index contributed by atoms with van der Waals surface area (Å²) in [5, 5.41) is 20.9. The van der Waals surface area contributed by atoms with Gasteiger partial charge in [-0.25, -0.2) is 0 Å². The molecule has 0 unspecified atom stereocenters. The summed E-state index contributed by atoms with van der Waals surface area (Å²) < 4.78 is 0. The van der Waals surface area contributed by atoms with Gasteiger partial charge in [0.05, 0.1) is 13.2 Å². The van der Waals surface area contributed by atoms with E-state index in [2.05, 4.69) is 0 Å². The van der Waals surface area contributed by atoms with Crippen molar-refractivity contribution in [3.63, 3.8) is 0 Å². The summed E-state index contributed by atoms with van der Waals surface area (Å²) in [6.45, 7) is 1.66. The normalized spacial score (nSPS) is 11.7. The Morgan fingerprint density at radius 2 is 1.71 bits per heavy atom. The van der Waals surface area contributed by atoms with Crippen LogP contribution in [0.25, 0.3) is 0 Å². The van der Waals surface area contributed by atoms with Crippen molar-refractivity contribution in [3.8, 4) is 0 Å². The Kier molecular flexibility index (Phi) is 5.28. The van der Waals surface area contributed by atoms with Crippen LogP contribution >= 0.6 is 23.2 Å². The van der Waals surface area contributed by atoms with E-state index in [1.54, 1.807) is 12.1 Å². The molecule has 0 saturated carbocycles.